The van der Waals surface area contributed by atoms with E-state index in [0.29, 0.717) is 32.7 Å². The molecule has 3 aromatic rings. The number of morpholine rings is 1. The SMILES string of the molecule is O=C(C[C@@H](CCc1ccccc1)c1c[nH]c2ccc([N+](=O)[O-])cc12)N1CCOCC1. The third-order valence-electron chi connectivity index (χ3n) is 5.76. The number of amides is 1. The Balaban J connectivity index is 1.62. The number of carbonyl (C=O) groups excluding carboxylic acids is 1. The van der Waals surface area contributed by atoms with Gasteiger partial charge in [-0.2, -0.15) is 0 Å². The second-order valence-electron chi connectivity index (χ2n) is 7.65. The summed E-state index contributed by atoms with van der Waals surface area (Å²) >= 11 is 0. The molecule has 1 aliphatic rings. The van der Waals surface area contributed by atoms with Gasteiger partial charge in [0.1, 0.15) is 0 Å². The Bertz CT molecular complexity index is 1030. The molecule has 30 heavy (non-hydrogen) atoms. The van der Waals surface area contributed by atoms with E-state index in [1.807, 2.05) is 29.3 Å². The van der Waals surface area contributed by atoms with E-state index in [0.717, 1.165) is 29.3 Å². The molecule has 4 rings (SSSR count). The number of non-ortho nitro benzene ring substituents is 1. The topological polar surface area (TPSA) is 88.5 Å². The number of carbonyl (C=O) groups is 1. The molecule has 0 unspecified atom stereocenters. The van der Waals surface area contributed by atoms with Gasteiger partial charge < -0.3 is 14.6 Å². The Morgan fingerprint density at radius 2 is 1.93 bits per heavy atom. The summed E-state index contributed by atoms with van der Waals surface area (Å²) in [7, 11) is 0. The normalized spacial score (nSPS) is 15.3. The molecule has 7 heteroatoms. The molecule has 1 saturated heterocycles. The third-order valence-corrected chi connectivity index (χ3v) is 5.76. The molecule has 0 saturated carbocycles. The number of aromatic amines is 1. The molecule has 1 aliphatic heterocycles. The van der Waals surface area contributed by atoms with Crippen LogP contribution in [0.3, 0.4) is 0 Å². The highest BCUT2D eigenvalue weighted by Gasteiger charge is 2.24. The van der Waals surface area contributed by atoms with Crippen molar-refractivity contribution in [2.24, 2.45) is 0 Å². The fraction of sp³-hybridized carbons (Fsp3) is 0.348. The van der Waals surface area contributed by atoms with Crippen LogP contribution in [0.1, 0.15) is 29.9 Å². The molecule has 0 aliphatic carbocycles. The van der Waals surface area contributed by atoms with Gasteiger partial charge in [0, 0.05) is 48.7 Å². The largest absolute Gasteiger partial charge is 0.378 e. The lowest BCUT2D eigenvalue weighted by Gasteiger charge is -2.28. The standard InChI is InChI=1S/C23H25N3O4/c27-23(25-10-12-30-13-11-25)14-18(7-6-17-4-2-1-3-5-17)21-16-24-22-9-8-19(26(28)29)15-20(21)22/h1-5,8-9,15-16,18,24H,6-7,10-14H2/t18-/m1/s1. The number of H-pyrrole nitrogens is 1. The number of fused-ring (bicyclic) bond motifs is 1. The predicted octanol–water partition coefficient (Wildman–Crippen LogP) is 4.04. The summed E-state index contributed by atoms with van der Waals surface area (Å²) in [6.45, 7) is 2.37. The van der Waals surface area contributed by atoms with Crippen LogP contribution in [-0.4, -0.2) is 47.0 Å². The number of nitrogens with zero attached hydrogens (tertiary/aromatic N) is 2. The Hall–Kier alpha value is -3.19. The van der Waals surface area contributed by atoms with Gasteiger partial charge in [-0.3, -0.25) is 14.9 Å². The maximum Gasteiger partial charge on any atom is 0.270 e. The summed E-state index contributed by atoms with van der Waals surface area (Å²) in [5, 5.41) is 12.1. The maximum atomic E-state index is 13.0. The highest BCUT2D eigenvalue weighted by atomic mass is 16.6. The number of hydrogen-bond acceptors (Lipinski definition) is 4. The van der Waals surface area contributed by atoms with E-state index in [1.54, 1.807) is 12.1 Å². The number of aryl methyl sites for hydroxylation is 1. The molecule has 156 valence electrons. The Kier molecular flexibility index (Phi) is 6.09. The van der Waals surface area contributed by atoms with Crippen LogP contribution in [-0.2, 0) is 16.0 Å². The molecule has 7 nitrogen and oxygen atoms in total. The minimum Gasteiger partial charge on any atom is -0.378 e. The minimum atomic E-state index is -0.381. The Morgan fingerprint density at radius 3 is 2.67 bits per heavy atom. The van der Waals surface area contributed by atoms with Gasteiger partial charge in [0.2, 0.25) is 5.91 Å². The van der Waals surface area contributed by atoms with Gasteiger partial charge in [0.25, 0.3) is 5.69 Å². The fourth-order valence-electron chi connectivity index (χ4n) is 4.09. The summed E-state index contributed by atoms with van der Waals surface area (Å²) < 4.78 is 5.36. The number of nitro groups is 1. The average molecular weight is 407 g/mol. The predicted molar refractivity (Wildman–Crippen MR) is 114 cm³/mol. The van der Waals surface area contributed by atoms with Gasteiger partial charge >= 0.3 is 0 Å². The van der Waals surface area contributed by atoms with E-state index >= 15 is 0 Å². The lowest BCUT2D eigenvalue weighted by atomic mass is 9.88. The molecule has 0 bridgehead atoms. The zero-order chi connectivity index (χ0) is 20.9. The van der Waals surface area contributed by atoms with Crippen LogP contribution < -0.4 is 0 Å². The van der Waals surface area contributed by atoms with Gasteiger partial charge in [0.15, 0.2) is 0 Å². The monoisotopic (exact) mass is 407 g/mol. The number of nitrogens with one attached hydrogen (secondary N) is 1. The van der Waals surface area contributed by atoms with Crippen molar-refractivity contribution in [1.29, 1.82) is 0 Å². The molecular weight excluding hydrogens is 382 g/mol. The zero-order valence-corrected chi connectivity index (χ0v) is 16.8. The lowest BCUT2D eigenvalue weighted by molar-refractivity contribution is -0.384. The van der Waals surface area contributed by atoms with E-state index < -0.39 is 0 Å². The average Bonchev–Trinajstić information content (AvgIpc) is 3.21. The molecule has 0 radical (unpaired) electrons. The first-order valence-electron chi connectivity index (χ1n) is 10.3. The first-order valence-corrected chi connectivity index (χ1v) is 10.3. The molecule has 1 atom stereocenters. The van der Waals surface area contributed by atoms with Crippen molar-refractivity contribution in [3.05, 3.63) is 76.0 Å². The van der Waals surface area contributed by atoms with E-state index in [2.05, 4.69) is 17.1 Å². The smallest absolute Gasteiger partial charge is 0.270 e. The van der Waals surface area contributed by atoms with E-state index in [4.69, 9.17) is 4.74 Å². The molecule has 2 heterocycles. The second-order valence-corrected chi connectivity index (χ2v) is 7.65. The zero-order valence-electron chi connectivity index (χ0n) is 16.8. The van der Waals surface area contributed by atoms with E-state index in [9.17, 15) is 14.9 Å². The summed E-state index contributed by atoms with van der Waals surface area (Å²) in [5.74, 6) is 0.0763. The molecular formula is C23H25N3O4. The molecule has 1 aromatic heterocycles. The number of benzene rings is 2. The van der Waals surface area contributed by atoms with Crippen LogP contribution in [0.2, 0.25) is 0 Å². The van der Waals surface area contributed by atoms with Crippen molar-refractivity contribution in [3.8, 4) is 0 Å². The molecule has 1 fully saturated rings. The second kappa shape index (κ2) is 9.09. The maximum absolute atomic E-state index is 13.0. The quantitative estimate of drug-likeness (QED) is 0.473. The van der Waals surface area contributed by atoms with Crippen LogP contribution in [0.25, 0.3) is 10.9 Å². The lowest BCUT2D eigenvalue weighted by Crippen LogP contribution is -2.41. The van der Waals surface area contributed by atoms with Gasteiger partial charge in [-0.15, -0.1) is 0 Å². The first-order chi connectivity index (χ1) is 14.6. The van der Waals surface area contributed by atoms with Gasteiger partial charge in [-0.25, -0.2) is 0 Å². The van der Waals surface area contributed by atoms with Crippen molar-refractivity contribution in [3.63, 3.8) is 0 Å². The van der Waals surface area contributed by atoms with Crippen LogP contribution >= 0.6 is 0 Å². The molecule has 2 aromatic carbocycles. The highest BCUT2D eigenvalue weighted by Crippen LogP contribution is 2.34. The van der Waals surface area contributed by atoms with Gasteiger partial charge in [-0.05, 0) is 36.0 Å². The van der Waals surface area contributed by atoms with Gasteiger partial charge in [0.05, 0.1) is 18.1 Å². The summed E-state index contributed by atoms with van der Waals surface area (Å²) in [4.78, 5) is 28.9. The summed E-state index contributed by atoms with van der Waals surface area (Å²) in [5.41, 5.74) is 3.09. The molecule has 0 spiro atoms. The number of nitro benzene ring substituents is 1. The summed E-state index contributed by atoms with van der Waals surface area (Å²) in [6.07, 6.45) is 3.90. The van der Waals surface area contributed by atoms with Crippen molar-refractivity contribution in [2.75, 3.05) is 26.3 Å². The Labute approximate surface area is 174 Å². The number of hydrogen-bond donors (Lipinski definition) is 1. The summed E-state index contributed by atoms with van der Waals surface area (Å²) in [6, 6.07) is 15.0. The fourth-order valence-corrected chi connectivity index (χ4v) is 4.09. The van der Waals surface area contributed by atoms with Crippen LogP contribution in [0.4, 0.5) is 5.69 Å². The third kappa shape index (κ3) is 4.52. The Morgan fingerprint density at radius 1 is 1.17 bits per heavy atom. The van der Waals surface area contributed by atoms with Crippen molar-refractivity contribution in [2.45, 2.75) is 25.2 Å². The van der Waals surface area contributed by atoms with Crippen LogP contribution in [0, 0.1) is 10.1 Å². The molecule has 1 amide bonds. The molecule has 1 N–H and O–H groups in total. The van der Waals surface area contributed by atoms with Crippen molar-refractivity contribution >= 4 is 22.5 Å². The van der Waals surface area contributed by atoms with Crippen LogP contribution in [0.5, 0.6) is 0 Å². The van der Waals surface area contributed by atoms with Crippen LogP contribution in [0.15, 0.2) is 54.7 Å². The van der Waals surface area contributed by atoms with Crippen molar-refractivity contribution < 1.29 is 14.5 Å². The van der Waals surface area contributed by atoms with Gasteiger partial charge in [-0.1, -0.05) is 30.3 Å². The van der Waals surface area contributed by atoms with E-state index in [-0.39, 0.29) is 22.4 Å². The number of aromatic nitrogens is 1. The highest BCUT2D eigenvalue weighted by molar-refractivity contribution is 5.87. The van der Waals surface area contributed by atoms with E-state index in [1.165, 1.54) is 11.6 Å². The number of rotatable bonds is 7. The minimum absolute atomic E-state index is 0.0312. The van der Waals surface area contributed by atoms with Crippen molar-refractivity contribution in [1.82, 2.24) is 9.88 Å². The number of ether oxygens (including phenoxy) is 1. The first kappa shape index (κ1) is 20.1.